The first kappa shape index (κ1) is 14.7. The Kier molecular flexibility index (Phi) is 5.81. The number of carbonyl (C=O) groups excluding carboxylic acids is 2. The van der Waals surface area contributed by atoms with Gasteiger partial charge in [-0.25, -0.2) is 4.79 Å². The Balaban J connectivity index is 4.22. The Hall–Kier alpha value is -1.30. The molecule has 1 atom stereocenters. The Morgan fingerprint density at radius 2 is 1.94 bits per heavy atom. The molecule has 0 spiro atoms. The zero-order chi connectivity index (χ0) is 12.8. The van der Waals surface area contributed by atoms with Gasteiger partial charge in [-0.15, -0.1) is 0 Å². The lowest BCUT2D eigenvalue weighted by Gasteiger charge is -2.22. The number of aliphatic hydroxyl groups is 1. The van der Waals surface area contributed by atoms with Crippen LogP contribution in [0, 0.1) is 0 Å². The number of nitrogens with one attached hydrogen (secondary N) is 2. The van der Waals surface area contributed by atoms with E-state index in [1.54, 1.807) is 27.7 Å². The molecule has 2 amide bonds. The van der Waals surface area contributed by atoms with Gasteiger partial charge in [-0.3, -0.25) is 4.79 Å². The molecule has 94 valence electrons. The van der Waals surface area contributed by atoms with Crippen LogP contribution in [-0.4, -0.2) is 41.9 Å². The van der Waals surface area contributed by atoms with Crippen molar-refractivity contribution in [3.05, 3.63) is 0 Å². The van der Waals surface area contributed by atoms with Gasteiger partial charge in [-0.1, -0.05) is 0 Å². The van der Waals surface area contributed by atoms with E-state index in [0.29, 0.717) is 6.54 Å². The van der Waals surface area contributed by atoms with Crippen molar-refractivity contribution in [2.45, 2.75) is 39.3 Å². The van der Waals surface area contributed by atoms with E-state index in [-0.39, 0.29) is 0 Å². The van der Waals surface area contributed by atoms with E-state index in [2.05, 4.69) is 10.6 Å². The Bertz CT molecular complexity index is 248. The normalized spacial score (nSPS) is 12.8. The average molecular weight is 232 g/mol. The molecular weight excluding hydrogens is 212 g/mol. The van der Waals surface area contributed by atoms with Gasteiger partial charge in [0.25, 0.3) is 0 Å². The third-order valence-corrected chi connectivity index (χ3v) is 1.54. The molecule has 0 rings (SSSR count). The molecule has 0 aromatic carbocycles. The number of likely N-dealkylation sites (N-methyl/N-ethyl adjacent to an activating group) is 1. The van der Waals surface area contributed by atoms with Gasteiger partial charge in [0.1, 0.15) is 11.6 Å². The molecule has 6 heteroatoms. The third-order valence-electron chi connectivity index (χ3n) is 1.54. The first-order valence-electron chi connectivity index (χ1n) is 5.18. The van der Waals surface area contributed by atoms with Crippen LogP contribution in [-0.2, 0) is 9.53 Å². The minimum absolute atomic E-state index is 0.434. The summed E-state index contributed by atoms with van der Waals surface area (Å²) in [7, 11) is 0. The van der Waals surface area contributed by atoms with Crippen LogP contribution in [0.1, 0.15) is 27.7 Å². The highest BCUT2D eigenvalue weighted by molar-refractivity contribution is 5.85. The predicted molar refractivity (Wildman–Crippen MR) is 58.9 cm³/mol. The van der Waals surface area contributed by atoms with Crippen LogP contribution in [0.25, 0.3) is 0 Å². The van der Waals surface area contributed by atoms with Crippen LogP contribution in [0.4, 0.5) is 4.79 Å². The van der Waals surface area contributed by atoms with Crippen LogP contribution < -0.4 is 10.6 Å². The molecular formula is C10H20N2O4. The predicted octanol–water partition coefficient (Wildman–Crippen LogP) is 0.00810. The van der Waals surface area contributed by atoms with Crippen molar-refractivity contribution in [1.82, 2.24) is 10.6 Å². The summed E-state index contributed by atoms with van der Waals surface area (Å²) >= 11 is 0. The van der Waals surface area contributed by atoms with Crippen LogP contribution >= 0.6 is 0 Å². The van der Waals surface area contributed by atoms with Gasteiger partial charge in [0.15, 0.2) is 0 Å². The van der Waals surface area contributed by atoms with Gasteiger partial charge in [0.05, 0.1) is 6.61 Å². The Morgan fingerprint density at radius 3 is 2.31 bits per heavy atom. The topological polar surface area (TPSA) is 87.7 Å². The second-order valence-corrected chi connectivity index (χ2v) is 4.28. The molecule has 6 nitrogen and oxygen atoms in total. The zero-order valence-corrected chi connectivity index (χ0v) is 10.2. The number of carbonyl (C=O) groups is 2. The summed E-state index contributed by atoms with van der Waals surface area (Å²) in [6.07, 6.45) is -0.724. The number of amides is 2. The van der Waals surface area contributed by atoms with Gasteiger partial charge in [-0.05, 0) is 27.7 Å². The summed E-state index contributed by atoms with van der Waals surface area (Å²) in [6.45, 7) is 6.86. The van der Waals surface area contributed by atoms with Crippen molar-refractivity contribution in [3.8, 4) is 0 Å². The molecule has 0 fully saturated rings. The van der Waals surface area contributed by atoms with Crippen molar-refractivity contribution in [3.63, 3.8) is 0 Å². The smallest absolute Gasteiger partial charge is 0.408 e. The lowest BCUT2D eigenvalue weighted by atomic mass is 10.2. The lowest BCUT2D eigenvalue weighted by molar-refractivity contribution is -0.124. The second-order valence-electron chi connectivity index (χ2n) is 4.28. The molecule has 0 radical (unpaired) electrons. The van der Waals surface area contributed by atoms with E-state index < -0.39 is 30.3 Å². The molecule has 16 heavy (non-hydrogen) atoms. The summed E-state index contributed by atoms with van der Waals surface area (Å²) < 4.78 is 4.96. The monoisotopic (exact) mass is 232 g/mol. The minimum atomic E-state index is -0.977. The summed E-state index contributed by atoms with van der Waals surface area (Å²) in [6, 6.07) is -0.977. The van der Waals surface area contributed by atoms with E-state index in [0.717, 1.165) is 0 Å². The van der Waals surface area contributed by atoms with Crippen molar-refractivity contribution in [2.24, 2.45) is 0 Å². The first-order chi connectivity index (χ1) is 7.30. The molecule has 0 aliphatic carbocycles. The van der Waals surface area contributed by atoms with Gasteiger partial charge in [-0.2, -0.15) is 0 Å². The van der Waals surface area contributed by atoms with E-state index in [1.807, 2.05) is 0 Å². The van der Waals surface area contributed by atoms with Gasteiger partial charge in [0, 0.05) is 6.54 Å². The van der Waals surface area contributed by atoms with Gasteiger partial charge in [0.2, 0.25) is 5.91 Å². The highest BCUT2D eigenvalue weighted by Crippen LogP contribution is 2.06. The summed E-state index contributed by atoms with van der Waals surface area (Å²) in [5.74, 6) is -0.434. The average Bonchev–Trinajstić information content (AvgIpc) is 2.11. The maximum atomic E-state index is 11.3. The lowest BCUT2D eigenvalue weighted by Crippen LogP contribution is -2.50. The van der Waals surface area contributed by atoms with Crippen molar-refractivity contribution < 1.29 is 19.4 Å². The summed E-state index contributed by atoms with van der Waals surface area (Å²) in [5.41, 5.74) is -0.634. The first-order valence-corrected chi connectivity index (χ1v) is 5.18. The Labute approximate surface area is 95.4 Å². The molecule has 0 unspecified atom stereocenters. The van der Waals surface area contributed by atoms with E-state index in [1.165, 1.54) is 0 Å². The standard InChI is InChI=1S/C10H20N2O4/c1-5-11-8(14)7(6-13)12-9(15)16-10(2,3)4/h7,13H,5-6H2,1-4H3,(H,11,14)(H,12,15)/t7-/m0/s1. The fraction of sp³-hybridized carbons (Fsp3) is 0.800. The SMILES string of the molecule is CCNC(=O)[C@H](CO)NC(=O)OC(C)(C)C. The number of aliphatic hydroxyl groups excluding tert-OH is 1. The number of ether oxygens (including phenoxy) is 1. The summed E-state index contributed by atoms with van der Waals surface area (Å²) in [5, 5.41) is 13.7. The highest BCUT2D eigenvalue weighted by Gasteiger charge is 2.23. The molecule has 0 aliphatic rings. The zero-order valence-electron chi connectivity index (χ0n) is 10.2. The quantitative estimate of drug-likeness (QED) is 0.637. The molecule has 0 aromatic heterocycles. The van der Waals surface area contributed by atoms with Gasteiger partial charge >= 0.3 is 6.09 Å². The second kappa shape index (κ2) is 6.32. The maximum absolute atomic E-state index is 11.3. The molecule has 0 saturated heterocycles. The van der Waals surface area contributed by atoms with Crippen LogP contribution in [0.15, 0.2) is 0 Å². The van der Waals surface area contributed by atoms with Crippen LogP contribution in [0.5, 0.6) is 0 Å². The third kappa shape index (κ3) is 6.23. The van der Waals surface area contributed by atoms with Crippen molar-refractivity contribution >= 4 is 12.0 Å². The van der Waals surface area contributed by atoms with Gasteiger partial charge < -0.3 is 20.5 Å². The molecule has 0 aliphatic heterocycles. The molecule has 0 saturated carbocycles. The van der Waals surface area contributed by atoms with Crippen LogP contribution in [0.2, 0.25) is 0 Å². The molecule has 0 heterocycles. The fourth-order valence-corrected chi connectivity index (χ4v) is 0.941. The van der Waals surface area contributed by atoms with E-state index in [9.17, 15) is 9.59 Å². The van der Waals surface area contributed by atoms with Crippen molar-refractivity contribution in [2.75, 3.05) is 13.2 Å². The number of hydrogen-bond acceptors (Lipinski definition) is 4. The van der Waals surface area contributed by atoms with Crippen LogP contribution in [0.3, 0.4) is 0 Å². The largest absolute Gasteiger partial charge is 0.444 e. The number of alkyl carbamates (subject to hydrolysis) is 1. The maximum Gasteiger partial charge on any atom is 0.408 e. The minimum Gasteiger partial charge on any atom is -0.444 e. The molecule has 0 aromatic rings. The van der Waals surface area contributed by atoms with E-state index in [4.69, 9.17) is 9.84 Å². The van der Waals surface area contributed by atoms with Crippen molar-refractivity contribution in [1.29, 1.82) is 0 Å². The molecule has 3 N–H and O–H groups in total. The number of hydrogen-bond donors (Lipinski definition) is 3. The summed E-state index contributed by atoms with van der Waals surface area (Å²) in [4.78, 5) is 22.6. The fourth-order valence-electron chi connectivity index (χ4n) is 0.941. The Morgan fingerprint density at radius 1 is 1.38 bits per heavy atom. The van der Waals surface area contributed by atoms with E-state index >= 15 is 0 Å². The highest BCUT2D eigenvalue weighted by atomic mass is 16.6. The number of rotatable bonds is 4. The molecule has 0 bridgehead atoms.